The molecular formula is C17H33N3O3. The van der Waals surface area contributed by atoms with Crippen LogP contribution in [-0.2, 0) is 14.4 Å². The van der Waals surface area contributed by atoms with Gasteiger partial charge in [0.15, 0.2) is 0 Å². The van der Waals surface area contributed by atoms with E-state index in [1.165, 1.54) is 0 Å². The molecule has 0 aromatic carbocycles. The van der Waals surface area contributed by atoms with E-state index in [4.69, 9.17) is 5.73 Å². The molecule has 0 bridgehead atoms. The second kappa shape index (κ2) is 10.2. The zero-order chi connectivity index (χ0) is 18.0. The summed E-state index contributed by atoms with van der Waals surface area (Å²) >= 11 is 0. The summed E-state index contributed by atoms with van der Waals surface area (Å²) in [5.74, 6) is -1.98. The van der Waals surface area contributed by atoms with E-state index in [9.17, 15) is 14.4 Å². The number of hydrogen-bond acceptors (Lipinski definition) is 3. The highest BCUT2D eigenvalue weighted by molar-refractivity contribution is 5.93. The topological polar surface area (TPSA) is 101 Å². The van der Waals surface area contributed by atoms with Gasteiger partial charge in [0.2, 0.25) is 17.7 Å². The van der Waals surface area contributed by atoms with E-state index in [-0.39, 0.29) is 11.8 Å². The Hall–Kier alpha value is -1.59. The van der Waals surface area contributed by atoms with Crippen molar-refractivity contribution in [3.63, 3.8) is 0 Å². The van der Waals surface area contributed by atoms with Gasteiger partial charge in [0, 0.05) is 12.0 Å². The molecule has 3 amide bonds. The summed E-state index contributed by atoms with van der Waals surface area (Å²) in [7, 11) is 0. The zero-order valence-electron chi connectivity index (χ0n) is 15.2. The van der Waals surface area contributed by atoms with Gasteiger partial charge in [-0.25, -0.2) is 0 Å². The second-order valence-corrected chi connectivity index (χ2v) is 7.14. The van der Waals surface area contributed by atoms with Gasteiger partial charge in [-0.05, 0) is 27.2 Å². The fourth-order valence-corrected chi connectivity index (χ4v) is 2.16. The molecule has 0 spiro atoms. The molecule has 6 nitrogen and oxygen atoms in total. The number of hydrogen-bond donors (Lipinski definition) is 3. The number of nitrogens with one attached hydrogen (secondary N) is 2. The van der Waals surface area contributed by atoms with Crippen LogP contribution < -0.4 is 16.4 Å². The first-order chi connectivity index (χ1) is 10.6. The van der Waals surface area contributed by atoms with Crippen molar-refractivity contribution in [3.8, 4) is 0 Å². The van der Waals surface area contributed by atoms with Gasteiger partial charge in [-0.3, -0.25) is 14.4 Å². The summed E-state index contributed by atoms with van der Waals surface area (Å²) in [5, 5.41) is 5.44. The molecule has 0 heterocycles. The fraction of sp³-hybridized carbons (Fsp3) is 0.824. The Balaban J connectivity index is 4.61. The summed E-state index contributed by atoms with van der Waals surface area (Å²) < 4.78 is 0. The quantitative estimate of drug-likeness (QED) is 0.534. The molecular weight excluding hydrogens is 294 g/mol. The third kappa shape index (κ3) is 9.92. The molecule has 0 aromatic heterocycles. The lowest BCUT2D eigenvalue weighted by Gasteiger charge is -2.27. The van der Waals surface area contributed by atoms with Gasteiger partial charge < -0.3 is 16.4 Å². The van der Waals surface area contributed by atoms with Crippen LogP contribution in [0.2, 0.25) is 0 Å². The first-order valence-electron chi connectivity index (χ1n) is 8.49. The Bertz CT molecular complexity index is 402. The Kier molecular flexibility index (Phi) is 9.53. The van der Waals surface area contributed by atoms with Crippen LogP contribution in [0.4, 0.5) is 0 Å². The minimum atomic E-state index is -0.935. The van der Waals surface area contributed by atoms with Gasteiger partial charge in [0.1, 0.15) is 6.04 Å². The maximum Gasteiger partial charge on any atom is 0.243 e. The number of unbranched alkanes of at least 4 members (excludes halogenated alkanes) is 4. The van der Waals surface area contributed by atoms with E-state index in [1.807, 2.05) is 20.8 Å². The predicted molar refractivity (Wildman–Crippen MR) is 91.6 cm³/mol. The van der Waals surface area contributed by atoms with E-state index in [1.54, 1.807) is 6.92 Å². The average Bonchev–Trinajstić information content (AvgIpc) is 2.41. The number of rotatable bonds is 10. The summed E-state index contributed by atoms with van der Waals surface area (Å²) in [4.78, 5) is 35.8. The Morgan fingerprint density at radius 2 is 1.61 bits per heavy atom. The highest BCUT2D eigenvalue weighted by Crippen LogP contribution is 2.09. The molecule has 0 aliphatic rings. The lowest BCUT2D eigenvalue weighted by atomic mass is 9.98. The molecule has 2 atom stereocenters. The maximum atomic E-state index is 12.3. The largest absolute Gasteiger partial charge is 0.369 e. The van der Waals surface area contributed by atoms with Crippen LogP contribution in [0.25, 0.3) is 0 Å². The number of carbonyl (C=O) groups excluding carboxylic acids is 3. The van der Waals surface area contributed by atoms with E-state index in [2.05, 4.69) is 17.6 Å². The van der Waals surface area contributed by atoms with Crippen molar-refractivity contribution >= 4 is 17.7 Å². The Labute approximate surface area is 140 Å². The molecule has 0 saturated carbocycles. The van der Waals surface area contributed by atoms with E-state index >= 15 is 0 Å². The number of nitrogens with two attached hydrogens (primary N) is 1. The maximum absolute atomic E-state index is 12.3. The van der Waals surface area contributed by atoms with Crippen LogP contribution in [0.5, 0.6) is 0 Å². The smallest absolute Gasteiger partial charge is 0.243 e. The molecule has 4 N–H and O–H groups in total. The lowest BCUT2D eigenvalue weighted by molar-refractivity contribution is -0.134. The van der Waals surface area contributed by atoms with Crippen molar-refractivity contribution in [1.29, 1.82) is 0 Å². The zero-order valence-corrected chi connectivity index (χ0v) is 15.2. The molecule has 0 aromatic rings. The van der Waals surface area contributed by atoms with Gasteiger partial charge in [-0.1, -0.05) is 39.5 Å². The molecule has 1 unspecified atom stereocenters. The van der Waals surface area contributed by atoms with Crippen molar-refractivity contribution in [1.82, 2.24) is 10.6 Å². The van der Waals surface area contributed by atoms with Crippen molar-refractivity contribution in [3.05, 3.63) is 0 Å². The van der Waals surface area contributed by atoms with Crippen molar-refractivity contribution in [2.24, 2.45) is 11.7 Å². The van der Waals surface area contributed by atoms with Crippen molar-refractivity contribution in [2.45, 2.75) is 84.7 Å². The van der Waals surface area contributed by atoms with Crippen LogP contribution in [-0.4, -0.2) is 29.3 Å². The molecule has 6 heteroatoms. The van der Waals surface area contributed by atoms with Gasteiger partial charge in [-0.15, -0.1) is 0 Å². The van der Waals surface area contributed by atoms with E-state index in [0.717, 1.165) is 32.1 Å². The summed E-state index contributed by atoms with van der Waals surface area (Å²) in [5.41, 5.74) is 4.85. The Morgan fingerprint density at radius 3 is 2.09 bits per heavy atom. The molecule has 0 rings (SSSR count). The van der Waals surface area contributed by atoms with Crippen LogP contribution >= 0.6 is 0 Å². The monoisotopic (exact) mass is 327 g/mol. The highest BCUT2D eigenvalue weighted by Gasteiger charge is 2.32. The van der Waals surface area contributed by atoms with Crippen molar-refractivity contribution < 1.29 is 14.4 Å². The number of carbonyl (C=O) groups is 3. The standard InChI is InChI=1S/C17H33N3O3/c1-6-7-8-9-10-11-13(21)19-14(12(2)15(18)22)16(23)20-17(3,4)5/h12,14H,6-11H2,1-5H3,(H2,18,22)(H,19,21)(H,20,23)/t12-,14?/m1/s1. The predicted octanol–water partition coefficient (Wildman–Crippen LogP) is 1.87. The SMILES string of the molecule is CCCCCCCC(=O)NC(C(=O)NC(C)(C)C)[C@@H](C)C(N)=O. The minimum absolute atomic E-state index is 0.219. The fourth-order valence-electron chi connectivity index (χ4n) is 2.16. The highest BCUT2D eigenvalue weighted by atomic mass is 16.2. The number of amides is 3. The molecule has 23 heavy (non-hydrogen) atoms. The minimum Gasteiger partial charge on any atom is -0.369 e. The first-order valence-corrected chi connectivity index (χ1v) is 8.49. The second-order valence-electron chi connectivity index (χ2n) is 7.14. The summed E-state index contributed by atoms with van der Waals surface area (Å²) in [6, 6.07) is -0.935. The average molecular weight is 327 g/mol. The van der Waals surface area contributed by atoms with Gasteiger partial charge in [0.25, 0.3) is 0 Å². The summed E-state index contributed by atoms with van der Waals surface area (Å²) in [6.45, 7) is 9.21. The summed E-state index contributed by atoms with van der Waals surface area (Å²) in [6.07, 6.45) is 5.55. The molecule has 0 radical (unpaired) electrons. The third-order valence-corrected chi connectivity index (χ3v) is 3.55. The molecule has 0 aliphatic carbocycles. The first kappa shape index (κ1) is 21.4. The van der Waals surface area contributed by atoms with Crippen LogP contribution in [0, 0.1) is 5.92 Å². The third-order valence-electron chi connectivity index (χ3n) is 3.55. The van der Waals surface area contributed by atoms with Crippen LogP contribution in [0.15, 0.2) is 0 Å². The molecule has 0 saturated heterocycles. The molecule has 0 fully saturated rings. The van der Waals surface area contributed by atoms with Crippen molar-refractivity contribution in [2.75, 3.05) is 0 Å². The van der Waals surface area contributed by atoms with E-state index in [0.29, 0.717) is 6.42 Å². The Morgan fingerprint density at radius 1 is 1.04 bits per heavy atom. The van der Waals surface area contributed by atoms with Gasteiger partial charge in [0.05, 0.1) is 5.92 Å². The lowest BCUT2D eigenvalue weighted by Crippen LogP contribution is -2.56. The van der Waals surface area contributed by atoms with E-state index < -0.39 is 23.4 Å². The molecule has 0 aliphatic heterocycles. The van der Waals surface area contributed by atoms with Crippen LogP contribution in [0.1, 0.15) is 73.1 Å². The normalized spacial score (nSPS) is 14.0. The van der Waals surface area contributed by atoms with Gasteiger partial charge >= 0.3 is 0 Å². The molecule has 134 valence electrons. The van der Waals surface area contributed by atoms with Gasteiger partial charge in [-0.2, -0.15) is 0 Å². The number of primary amides is 1. The van der Waals surface area contributed by atoms with Crippen LogP contribution in [0.3, 0.4) is 0 Å².